The fraction of sp³-hybridized carbons (Fsp3) is 0.542. The highest BCUT2D eigenvalue weighted by Crippen LogP contribution is 2.22. The highest BCUT2D eigenvalue weighted by atomic mass is 19.1. The van der Waals surface area contributed by atoms with Crippen molar-refractivity contribution in [2.24, 2.45) is 13.0 Å². The van der Waals surface area contributed by atoms with Crippen molar-refractivity contribution in [3.05, 3.63) is 53.9 Å². The quantitative estimate of drug-likeness (QED) is 0.693. The van der Waals surface area contributed by atoms with Crippen LogP contribution in [0.3, 0.4) is 0 Å². The maximum atomic E-state index is 14.9. The van der Waals surface area contributed by atoms with E-state index in [4.69, 9.17) is 4.74 Å². The molecule has 0 unspecified atom stereocenters. The molecule has 2 aromatic rings. The minimum absolute atomic E-state index is 0.235. The van der Waals surface area contributed by atoms with E-state index in [0.29, 0.717) is 38.6 Å². The number of aryl methyl sites for hydroxylation is 1. The average Bonchev–Trinajstić information content (AvgIpc) is 3.14. The van der Waals surface area contributed by atoms with E-state index in [-0.39, 0.29) is 6.03 Å². The first-order valence-corrected chi connectivity index (χ1v) is 11.0. The molecule has 1 aliphatic heterocycles. The van der Waals surface area contributed by atoms with Gasteiger partial charge in [-0.1, -0.05) is 26.0 Å². The molecule has 1 fully saturated rings. The topological polar surface area (TPSA) is 49.7 Å². The minimum Gasteiger partial charge on any atom is -0.493 e. The van der Waals surface area contributed by atoms with Crippen molar-refractivity contribution >= 4 is 6.03 Å². The molecule has 0 spiro atoms. The molecule has 1 N–H and O–H groups in total. The molecule has 0 radical (unpaired) electrons. The molecule has 0 bridgehead atoms. The maximum Gasteiger partial charge on any atom is 0.318 e. The molecule has 7 heteroatoms. The molecule has 2 atom stereocenters. The Kier molecular flexibility index (Phi) is 7.96. The number of piperidine rings is 1. The zero-order valence-electron chi connectivity index (χ0n) is 19.1. The van der Waals surface area contributed by atoms with Gasteiger partial charge in [0.2, 0.25) is 0 Å². The Hall–Kier alpha value is -2.54. The Balaban J connectivity index is 1.63. The van der Waals surface area contributed by atoms with Crippen LogP contribution >= 0.6 is 0 Å². The van der Waals surface area contributed by atoms with Crippen LogP contribution in [0.25, 0.3) is 0 Å². The van der Waals surface area contributed by atoms with Crippen LogP contribution in [0.2, 0.25) is 0 Å². The number of carbonyl (C=O) groups is 1. The van der Waals surface area contributed by atoms with Crippen molar-refractivity contribution in [3.63, 3.8) is 0 Å². The van der Waals surface area contributed by atoms with Gasteiger partial charge in [0, 0.05) is 45.6 Å². The van der Waals surface area contributed by atoms with Gasteiger partial charge in [0.15, 0.2) is 0 Å². The fourth-order valence-electron chi connectivity index (χ4n) is 3.83. The second-order valence-electron chi connectivity index (χ2n) is 8.95. The lowest BCUT2D eigenvalue weighted by Gasteiger charge is -2.39. The normalized spacial score (nSPS) is 19.4. The molecule has 1 aromatic heterocycles. The molecule has 2 heterocycles. The van der Waals surface area contributed by atoms with Gasteiger partial charge in [0.25, 0.3) is 0 Å². The van der Waals surface area contributed by atoms with E-state index in [2.05, 4.69) is 19.2 Å². The predicted molar refractivity (Wildman–Crippen MR) is 121 cm³/mol. The number of nitrogens with one attached hydrogen (secondary N) is 1. The van der Waals surface area contributed by atoms with Gasteiger partial charge < -0.3 is 24.4 Å². The molecule has 3 rings (SSSR count). The standard InChI is InChI=1S/C24H35FN4O2/c1-18(2)17-31-21-7-5-19(6-8-21)13-26-24(30)29(15-20-9-11-27(3)14-20)23-10-12-28(4)16-22(23)25/h5-9,11,14,18,22-23H,10,12-13,15-17H2,1-4H3,(H,26,30)/t22-,23+/m1/s1. The number of rotatable bonds is 8. The molecular weight excluding hydrogens is 395 g/mol. The lowest BCUT2D eigenvalue weighted by molar-refractivity contribution is 0.0571. The number of benzene rings is 1. The second-order valence-corrected chi connectivity index (χ2v) is 8.95. The van der Waals surface area contributed by atoms with Crippen molar-refractivity contribution < 1.29 is 13.9 Å². The van der Waals surface area contributed by atoms with E-state index in [0.717, 1.165) is 23.4 Å². The number of urea groups is 1. The Morgan fingerprint density at radius 2 is 1.97 bits per heavy atom. The van der Waals surface area contributed by atoms with Crippen LogP contribution in [-0.2, 0) is 20.1 Å². The van der Waals surface area contributed by atoms with Crippen molar-refractivity contribution in [2.75, 3.05) is 26.7 Å². The van der Waals surface area contributed by atoms with Crippen molar-refractivity contribution in [3.8, 4) is 5.75 Å². The summed E-state index contributed by atoms with van der Waals surface area (Å²) in [6.07, 6.45) is 3.47. The number of likely N-dealkylation sites (tertiary alicyclic amines) is 1. The number of hydrogen-bond acceptors (Lipinski definition) is 3. The molecule has 1 saturated heterocycles. The Labute approximate surface area is 185 Å². The zero-order valence-corrected chi connectivity index (χ0v) is 19.1. The second kappa shape index (κ2) is 10.7. The third kappa shape index (κ3) is 6.72. The Morgan fingerprint density at radius 3 is 2.58 bits per heavy atom. The first-order valence-electron chi connectivity index (χ1n) is 11.0. The lowest BCUT2D eigenvalue weighted by atomic mass is 10.0. The largest absolute Gasteiger partial charge is 0.493 e. The van der Waals surface area contributed by atoms with Crippen LogP contribution in [0, 0.1) is 5.92 Å². The third-order valence-electron chi connectivity index (χ3n) is 5.57. The molecule has 6 nitrogen and oxygen atoms in total. The van der Waals surface area contributed by atoms with Crippen LogP contribution in [0.1, 0.15) is 31.4 Å². The van der Waals surface area contributed by atoms with E-state index >= 15 is 0 Å². The number of aromatic nitrogens is 1. The number of amides is 2. The molecule has 31 heavy (non-hydrogen) atoms. The van der Waals surface area contributed by atoms with Crippen molar-refractivity contribution in [1.82, 2.24) is 19.7 Å². The van der Waals surface area contributed by atoms with Crippen LogP contribution in [0.4, 0.5) is 9.18 Å². The van der Waals surface area contributed by atoms with Crippen LogP contribution in [0.15, 0.2) is 42.7 Å². The van der Waals surface area contributed by atoms with Crippen molar-refractivity contribution in [2.45, 2.75) is 45.6 Å². The summed E-state index contributed by atoms with van der Waals surface area (Å²) < 4.78 is 22.5. The van der Waals surface area contributed by atoms with E-state index in [1.165, 1.54) is 0 Å². The molecule has 0 aliphatic carbocycles. The van der Waals surface area contributed by atoms with E-state index in [9.17, 15) is 9.18 Å². The first-order chi connectivity index (χ1) is 14.8. The monoisotopic (exact) mass is 430 g/mol. The fourth-order valence-corrected chi connectivity index (χ4v) is 3.83. The van der Waals surface area contributed by atoms with Gasteiger partial charge >= 0.3 is 6.03 Å². The average molecular weight is 431 g/mol. The van der Waals surface area contributed by atoms with Gasteiger partial charge in [-0.25, -0.2) is 9.18 Å². The smallest absolute Gasteiger partial charge is 0.318 e. The summed E-state index contributed by atoms with van der Waals surface area (Å²) in [7, 11) is 3.86. The number of nitrogens with zero attached hydrogens (tertiary/aromatic N) is 3. The van der Waals surface area contributed by atoms with Gasteiger partial charge in [-0.05, 0) is 48.7 Å². The number of halogens is 1. The number of hydrogen-bond donors (Lipinski definition) is 1. The maximum absolute atomic E-state index is 14.9. The summed E-state index contributed by atoms with van der Waals surface area (Å²) in [6, 6.07) is 9.04. The summed E-state index contributed by atoms with van der Waals surface area (Å²) >= 11 is 0. The molecular formula is C24H35FN4O2. The summed E-state index contributed by atoms with van der Waals surface area (Å²) in [5.74, 6) is 1.29. The summed E-state index contributed by atoms with van der Waals surface area (Å²) in [4.78, 5) is 16.7. The predicted octanol–water partition coefficient (Wildman–Crippen LogP) is 3.81. The number of ether oxygens (including phenoxy) is 1. The van der Waals surface area contributed by atoms with Gasteiger partial charge in [-0.3, -0.25) is 0 Å². The van der Waals surface area contributed by atoms with Crippen LogP contribution in [-0.4, -0.2) is 59.4 Å². The highest BCUT2D eigenvalue weighted by Gasteiger charge is 2.35. The third-order valence-corrected chi connectivity index (χ3v) is 5.57. The Bertz CT molecular complexity index is 836. The number of carbonyl (C=O) groups excluding carboxylic acids is 1. The first kappa shape index (κ1) is 23.1. The van der Waals surface area contributed by atoms with Gasteiger partial charge in [0.1, 0.15) is 11.9 Å². The van der Waals surface area contributed by atoms with Gasteiger partial charge in [-0.2, -0.15) is 0 Å². The van der Waals surface area contributed by atoms with E-state index < -0.39 is 12.2 Å². The summed E-state index contributed by atoms with van der Waals surface area (Å²) in [6.45, 7) is 6.80. The molecule has 0 saturated carbocycles. The van der Waals surface area contributed by atoms with Gasteiger partial charge in [-0.15, -0.1) is 0 Å². The molecule has 1 aliphatic rings. The Morgan fingerprint density at radius 1 is 1.23 bits per heavy atom. The van der Waals surface area contributed by atoms with E-state index in [1.54, 1.807) is 4.90 Å². The molecule has 1 aromatic carbocycles. The number of alkyl halides is 1. The highest BCUT2D eigenvalue weighted by molar-refractivity contribution is 5.74. The zero-order chi connectivity index (χ0) is 22.4. The van der Waals surface area contributed by atoms with Gasteiger partial charge in [0.05, 0.1) is 12.6 Å². The minimum atomic E-state index is -1.06. The van der Waals surface area contributed by atoms with Crippen molar-refractivity contribution in [1.29, 1.82) is 0 Å². The SMILES string of the molecule is CC(C)COc1ccc(CNC(=O)N(Cc2ccn(C)c2)[C@H]2CCN(C)C[C@H]2F)cc1. The molecule has 2 amide bonds. The lowest BCUT2D eigenvalue weighted by Crippen LogP contribution is -2.55. The summed E-state index contributed by atoms with van der Waals surface area (Å²) in [5.41, 5.74) is 1.97. The van der Waals surface area contributed by atoms with Crippen LogP contribution in [0.5, 0.6) is 5.75 Å². The van der Waals surface area contributed by atoms with Crippen LogP contribution < -0.4 is 10.1 Å². The summed E-state index contributed by atoms with van der Waals surface area (Å²) in [5, 5.41) is 2.98. The molecule has 170 valence electrons. The van der Waals surface area contributed by atoms with E-state index in [1.807, 2.05) is 66.3 Å².